The molecule has 2 nitrogen and oxygen atoms in total. The van der Waals surface area contributed by atoms with Crippen molar-refractivity contribution >= 4 is 0 Å². The molecule has 0 N–H and O–H groups in total. The normalized spacial score (nSPS) is 0.800. The first-order valence-corrected chi connectivity index (χ1v) is 0.447. The number of nitrogens with zero attached hydrogens (tertiary/aromatic N) is 2. The van der Waals surface area contributed by atoms with Crippen LogP contribution in [0.15, 0.2) is 0 Å². The third kappa shape index (κ3) is 58.9. The summed E-state index contributed by atoms with van der Waals surface area (Å²) in [5.41, 5.74) is 0. The monoisotopic (exact) mass is 116 g/mol. The van der Waals surface area contributed by atoms with Gasteiger partial charge in [0.25, 0.3) is 0 Å². The molecular formula is C2N2Zn-2. The predicted octanol–water partition coefficient (Wildman–Crippen LogP) is 0.190. The van der Waals surface area contributed by atoms with Crippen molar-refractivity contribution in [1.82, 2.24) is 0 Å². The molecule has 0 aliphatic rings. The van der Waals surface area contributed by atoms with Crippen LogP contribution in [0.25, 0.3) is 0 Å². The van der Waals surface area contributed by atoms with E-state index < -0.39 is 0 Å². The zero-order valence-electron chi connectivity index (χ0n) is 2.60. The first-order valence-electron chi connectivity index (χ1n) is 0.447. The van der Waals surface area contributed by atoms with Gasteiger partial charge in [0, 0.05) is 19.5 Å². The third-order valence-corrected chi connectivity index (χ3v) is 0. The minimum atomic E-state index is 0. The molecule has 0 spiro atoms. The summed E-state index contributed by atoms with van der Waals surface area (Å²) >= 11 is 0. The summed E-state index contributed by atoms with van der Waals surface area (Å²) in [6.07, 6.45) is 0. The summed E-state index contributed by atoms with van der Waals surface area (Å²) in [5.74, 6) is 0. The molecule has 0 unspecified atom stereocenters. The maximum Gasteiger partial charge on any atom is 0 e. The molecule has 0 aromatic heterocycles. The first-order chi connectivity index (χ1) is 2.00. The van der Waals surface area contributed by atoms with Gasteiger partial charge in [-0.1, -0.05) is 0 Å². The van der Waals surface area contributed by atoms with Gasteiger partial charge < -0.3 is 23.7 Å². The van der Waals surface area contributed by atoms with Crippen molar-refractivity contribution in [3.8, 4) is 0 Å². The van der Waals surface area contributed by atoms with Crippen LogP contribution in [0.3, 0.4) is 0 Å². The van der Waals surface area contributed by atoms with E-state index in [0.29, 0.717) is 0 Å². The van der Waals surface area contributed by atoms with E-state index in [1.165, 1.54) is 0 Å². The fourth-order valence-corrected chi connectivity index (χ4v) is 0. The standard InChI is InChI=1S/2CN.Zn/c2*1-2;/q2*-1;. The molecule has 0 saturated heterocycles. The zero-order valence-corrected chi connectivity index (χ0v) is 5.57. The van der Waals surface area contributed by atoms with Crippen LogP contribution in [0.1, 0.15) is 0 Å². The molecule has 0 aliphatic carbocycles. The second-order valence-electron chi connectivity index (χ2n) is 0. The van der Waals surface area contributed by atoms with E-state index in [-0.39, 0.29) is 19.5 Å². The molecule has 0 aromatic carbocycles. The van der Waals surface area contributed by atoms with E-state index in [0.717, 1.165) is 0 Å². The summed E-state index contributed by atoms with van der Waals surface area (Å²) in [7, 11) is 0. The second-order valence-corrected chi connectivity index (χ2v) is 0. The molecule has 3 heteroatoms. The van der Waals surface area contributed by atoms with E-state index in [1.54, 1.807) is 0 Å². The zero-order chi connectivity index (χ0) is 4.00. The number of hydrogen-bond acceptors (Lipinski definition) is 2. The van der Waals surface area contributed by atoms with E-state index >= 15 is 0 Å². The van der Waals surface area contributed by atoms with E-state index in [4.69, 9.17) is 23.7 Å². The minimum absolute atomic E-state index is 0. The molecule has 0 radical (unpaired) electrons. The van der Waals surface area contributed by atoms with Crippen molar-refractivity contribution in [3.63, 3.8) is 0 Å². The van der Waals surface area contributed by atoms with Crippen LogP contribution in [0.2, 0.25) is 0 Å². The Balaban J connectivity index is -0.0000000133. The average molecular weight is 117 g/mol. The Bertz CT molecular complexity index is 23.1. The molecule has 0 rings (SSSR count). The van der Waals surface area contributed by atoms with Gasteiger partial charge in [0.15, 0.2) is 0 Å². The van der Waals surface area contributed by atoms with Crippen LogP contribution >= 0.6 is 0 Å². The third-order valence-electron chi connectivity index (χ3n) is 0. The number of hydrogen-bond donors (Lipinski definition) is 0. The summed E-state index contributed by atoms with van der Waals surface area (Å²) < 4.78 is 0. The van der Waals surface area contributed by atoms with Crippen molar-refractivity contribution in [1.29, 1.82) is 10.5 Å². The van der Waals surface area contributed by atoms with Crippen molar-refractivity contribution in [3.05, 3.63) is 13.1 Å². The van der Waals surface area contributed by atoms with Gasteiger partial charge in [0.05, 0.1) is 0 Å². The van der Waals surface area contributed by atoms with Gasteiger partial charge >= 0.3 is 0 Å². The van der Waals surface area contributed by atoms with Crippen LogP contribution in [0.5, 0.6) is 0 Å². The van der Waals surface area contributed by atoms with Gasteiger partial charge in [-0.3, -0.25) is 0 Å². The Hall–Kier alpha value is -0.397. The Morgan fingerprint density at radius 1 is 0.800 bits per heavy atom. The van der Waals surface area contributed by atoms with Gasteiger partial charge in [0.2, 0.25) is 0 Å². The van der Waals surface area contributed by atoms with Crippen LogP contribution in [-0.4, -0.2) is 0 Å². The summed E-state index contributed by atoms with van der Waals surface area (Å²) in [6.45, 7) is 9.50. The largest absolute Gasteiger partial charge is 0.512 e. The Morgan fingerprint density at radius 2 is 0.800 bits per heavy atom. The quantitative estimate of drug-likeness (QED) is 0.336. The van der Waals surface area contributed by atoms with E-state index in [2.05, 4.69) is 0 Å². The summed E-state index contributed by atoms with van der Waals surface area (Å²) in [5, 5.41) is 12.5. The van der Waals surface area contributed by atoms with Crippen molar-refractivity contribution in [2.45, 2.75) is 0 Å². The van der Waals surface area contributed by atoms with Gasteiger partial charge in [-0.2, -0.15) is 0 Å². The fraction of sp³-hybridized carbons (Fsp3) is 0. The van der Waals surface area contributed by atoms with Gasteiger partial charge in [-0.25, -0.2) is 0 Å². The predicted molar refractivity (Wildman–Crippen MR) is 9.94 cm³/mol. The average Bonchev–Trinajstić information content (AvgIpc) is 1.50. The minimum Gasteiger partial charge on any atom is -0.512 e. The SMILES string of the molecule is [C-]#N.[C-]#N.[Zn]. The topological polar surface area (TPSA) is 47.6 Å². The fourth-order valence-electron chi connectivity index (χ4n) is 0. The van der Waals surface area contributed by atoms with Gasteiger partial charge in [-0.05, 0) is 0 Å². The summed E-state index contributed by atoms with van der Waals surface area (Å²) in [4.78, 5) is 0. The Kier molecular flexibility index (Phi) is 722. The molecule has 0 fully saturated rings. The Labute approximate surface area is 43.8 Å². The maximum absolute atomic E-state index is 6.25. The van der Waals surface area contributed by atoms with Crippen molar-refractivity contribution < 1.29 is 19.5 Å². The van der Waals surface area contributed by atoms with Crippen LogP contribution in [-0.2, 0) is 19.5 Å². The first kappa shape index (κ1) is 23.3. The maximum atomic E-state index is 6.25. The molecule has 0 aliphatic heterocycles. The smallest absolute Gasteiger partial charge is 0 e. The van der Waals surface area contributed by atoms with E-state index in [1.807, 2.05) is 0 Å². The van der Waals surface area contributed by atoms with Crippen LogP contribution in [0.4, 0.5) is 0 Å². The van der Waals surface area contributed by atoms with Gasteiger partial charge in [-0.15, -0.1) is 0 Å². The molecule has 0 atom stereocenters. The molecule has 0 bridgehead atoms. The van der Waals surface area contributed by atoms with E-state index in [9.17, 15) is 0 Å². The van der Waals surface area contributed by atoms with Crippen LogP contribution < -0.4 is 0 Å². The molecule has 0 amide bonds. The van der Waals surface area contributed by atoms with Crippen molar-refractivity contribution in [2.24, 2.45) is 0 Å². The van der Waals surface area contributed by atoms with Crippen molar-refractivity contribution in [2.75, 3.05) is 0 Å². The second kappa shape index (κ2) is 155. The van der Waals surface area contributed by atoms with Gasteiger partial charge in [0.1, 0.15) is 0 Å². The summed E-state index contributed by atoms with van der Waals surface area (Å²) in [6, 6.07) is 0. The molecule has 22 valence electrons. The molecule has 0 aromatic rings. The molecule has 0 saturated carbocycles. The molecule has 0 heterocycles. The van der Waals surface area contributed by atoms with Crippen LogP contribution in [0, 0.1) is 23.7 Å². The molecular weight excluding hydrogens is 117 g/mol. The number of rotatable bonds is 0. The Morgan fingerprint density at radius 3 is 0.800 bits per heavy atom. The molecule has 5 heavy (non-hydrogen) atoms.